The Morgan fingerprint density at radius 2 is 1.29 bits per heavy atom. The second kappa shape index (κ2) is 4.57. The molecule has 0 unspecified atom stereocenters. The summed E-state index contributed by atoms with van der Waals surface area (Å²) < 4.78 is 11.3. The standard InChI is InChI=1S/C10H18O4/c11-3-1-7-5-13-10-8(2-4-12)6-14-9(7)10/h7-12H,1-6H2/t7-,8-,9+,10+/m0/s1. The summed E-state index contributed by atoms with van der Waals surface area (Å²) in [5.41, 5.74) is 0. The van der Waals surface area contributed by atoms with Crippen LogP contribution in [0.5, 0.6) is 0 Å². The quantitative estimate of drug-likeness (QED) is 0.662. The van der Waals surface area contributed by atoms with Crippen molar-refractivity contribution in [3.8, 4) is 0 Å². The molecule has 0 radical (unpaired) electrons. The molecule has 0 amide bonds. The number of aliphatic hydroxyl groups is 2. The third-order valence-electron chi connectivity index (χ3n) is 3.26. The largest absolute Gasteiger partial charge is 0.396 e. The molecule has 0 bridgehead atoms. The van der Waals surface area contributed by atoms with Crippen molar-refractivity contribution in [2.45, 2.75) is 25.0 Å². The van der Waals surface area contributed by atoms with Crippen molar-refractivity contribution in [2.24, 2.45) is 11.8 Å². The molecule has 4 nitrogen and oxygen atoms in total. The molecule has 2 rings (SSSR count). The van der Waals surface area contributed by atoms with Gasteiger partial charge in [0.1, 0.15) is 0 Å². The molecule has 4 atom stereocenters. The van der Waals surface area contributed by atoms with Gasteiger partial charge in [0.2, 0.25) is 0 Å². The number of hydrogen-bond donors (Lipinski definition) is 2. The van der Waals surface area contributed by atoms with Gasteiger partial charge < -0.3 is 19.7 Å². The van der Waals surface area contributed by atoms with E-state index in [9.17, 15) is 0 Å². The lowest BCUT2D eigenvalue weighted by atomic mass is 9.93. The molecule has 2 heterocycles. The van der Waals surface area contributed by atoms with Crippen LogP contribution in [0.25, 0.3) is 0 Å². The van der Waals surface area contributed by atoms with Crippen LogP contribution in [0.15, 0.2) is 0 Å². The predicted octanol–water partition coefficient (Wildman–Crippen LogP) is -0.219. The van der Waals surface area contributed by atoms with Gasteiger partial charge in [-0.3, -0.25) is 0 Å². The van der Waals surface area contributed by atoms with Crippen molar-refractivity contribution < 1.29 is 19.7 Å². The van der Waals surface area contributed by atoms with Crippen molar-refractivity contribution >= 4 is 0 Å². The fraction of sp³-hybridized carbons (Fsp3) is 1.00. The zero-order valence-electron chi connectivity index (χ0n) is 8.26. The molecule has 0 aromatic carbocycles. The van der Waals surface area contributed by atoms with Crippen LogP contribution in [0.1, 0.15) is 12.8 Å². The van der Waals surface area contributed by atoms with E-state index in [-0.39, 0.29) is 25.4 Å². The van der Waals surface area contributed by atoms with Gasteiger partial charge in [0.25, 0.3) is 0 Å². The first-order chi connectivity index (χ1) is 6.86. The molecule has 0 aromatic heterocycles. The van der Waals surface area contributed by atoms with Crippen LogP contribution >= 0.6 is 0 Å². The van der Waals surface area contributed by atoms with Gasteiger partial charge in [0.15, 0.2) is 0 Å². The molecule has 0 aliphatic carbocycles. The normalized spacial score (nSPS) is 41.6. The fourth-order valence-electron chi connectivity index (χ4n) is 2.48. The molecule has 2 aliphatic rings. The van der Waals surface area contributed by atoms with Crippen molar-refractivity contribution in [1.82, 2.24) is 0 Å². The zero-order chi connectivity index (χ0) is 9.97. The third kappa shape index (κ3) is 1.80. The highest BCUT2D eigenvalue weighted by molar-refractivity contribution is 4.93. The highest BCUT2D eigenvalue weighted by Crippen LogP contribution is 2.37. The molecule has 0 saturated carbocycles. The molecular formula is C10H18O4. The van der Waals surface area contributed by atoms with Gasteiger partial charge >= 0.3 is 0 Å². The van der Waals surface area contributed by atoms with Crippen molar-refractivity contribution in [1.29, 1.82) is 0 Å². The summed E-state index contributed by atoms with van der Waals surface area (Å²) in [6.45, 7) is 1.78. The number of aliphatic hydroxyl groups excluding tert-OH is 2. The van der Waals surface area contributed by atoms with Gasteiger partial charge in [-0.1, -0.05) is 0 Å². The van der Waals surface area contributed by atoms with Crippen LogP contribution in [0.4, 0.5) is 0 Å². The van der Waals surface area contributed by atoms with Crippen LogP contribution in [0.3, 0.4) is 0 Å². The van der Waals surface area contributed by atoms with Gasteiger partial charge in [0.05, 0.1) is 25.4 Å². The first-order valence-electron chi connectivity index (χ1n) is 5.31. The molecule has 4 heteroatoms. The zero-order valence-corrected chi connectivity index (χ0v) is 8.26. The van der Waals surface area contributed by atoms with E-state index < -0.39 is 0 Å². The Morgan fingerprint density at radius 1 is 0.857 bits per heavy atom. The lowest BCUT2D eigenvalue weighted by molar-refractivity contribution is 0.0565. The molecule has 14 heavy (non-hydrogen) atoms. The maximum atomic E-state index is 8.86. The Hall–Kier alpha value is -0.160. The lowest BCUT2D eigenvalue weighted by Gasteiger charge is -2.15. The molecule has 82 valence electrons. The molecule has 0 spiro atoms. The fourth-order valence-corrected chi connectivity index (χ4v) is 2.48. The Labute approximate surface area is 83.8 Å². The van der Waals surface area contributed by atoms with Crippen LogP contribution in [-0.4, -0.2) is 48.8 Å². The number of rotatable bonds is 4. The first kappa shape index (κ1) is 10.4. The molecule has 0 aromatic rings. The van der Waals surface area contributed by atoms with E-state index in [1.165, 1.54) is 0 Å². The van der Waals surface area contributed by atoms with Gasteiger partial charge in [0, 0.05) is 25.0 Å². The summed E-state index contributed by atoms with van der Waals surface area (Å²) in [7, 11) is 0. The third-order valence-corrected chi connectivity index (χ3v) is 3.26. The molecule has 2 saturated heterocycles. The highest BCUT2D eigenvalue weighted by atomic mass is 16.6. The second-order valence-electron chi connectivity index (χ2n) is 4.14. The predicted molar refractivity (Wildman–Crippen MR) is 49.9 cm³/mol. The minimum absolute atomic E-state index is 0.152. The summed E-state index contributed by atoms with van der Waals surface area (Å²) in [6, 6.07) is 0. The molecule has 2 N–H and O–H groups in total. The van der Waals surface area contributed by atoms with E-state index in [1.807, 2.05) is 0 Å². The van der Waals surface area contributed by atoms with E-state index in [1.54, 1.807) is 0 Å². The summed E-state index contributed by atoms with van der Waals surface area (Å²) in [5, 5.41) is 17.7. The van der Waals surface area contributed by atoms with Crippen LogP contribution in [0, 0.1) is 11.8 Å². The van der Waals surface area contributed by atoms with Crippen molar-refractivity contribution in [3.05, 3.63) is 0 Å². The van der Waals surface area contributed by atoms with Gasteiger partial charge in [-0.15, -0.1) is 0 Å². The number of fused-ring (bicyclic) bond motifs is 1. The van der Waals surface area contributed by atoms with E-state index in [0.717, 1.165) is 12.8 Å². The average molecular weight is 202 g/mol. The molecule has 2 fully saturated rings. The van der Waals surface area contributed by atoms with E-state index in [2.05, 4.69) is 0 Å². The Morgan fingerprint density at radius 3 is 1.64 bits per heavy atom. The van der Waals surface area contributed by atoms with Crippen molar-refractivity contribution in [2.75, 3.05) is 26.4 Å². The summed E-state index contributed by atoms with van der Waals surface area (Å²) in [6.07, 6.45) is 1.82. The van der Waals surface area contributed by atoms with Gasteiger partial charge in [-0.2, -0.15) is 0 Å². The van der Waals surface area contributed by atoms with Crippen LogP contribution < -0.4 is 0 Å². The Bertz CT molecular complexity index is 165. The maximum Gasteiger partial charge on any atom is 0.0891 e. The lowest BCUT2D eigenvalue weighted by Crippen LogP contribution is -2.26. The van der Waals surface area contributed by atoms with Crippen LogP contribution in [-0.2, 0) is 9.47 Å². The Kier molecular flexibility index (Phi) is 3.38. The topological polar surface area (TPSA) is 58.9 Å². The molecule has 2 aliphatic heterocycles. The minimum atomic E-state index is 0.152. The van der Waals surface area contributed by atoms with E-state index in [4.69, 9.17) is 19.7 Å². The van der Waals surface area contributed by atoms with E-state index in [0.29, 0.717) is 25.0 Å². The van der Waals surface area contributed by atoms with Crippen LogP contribution in [0.2, 0.25) is 0 Å². The number of hydrogen-bond acceptors (Lipinski definition) is 4. The smallest absolute Gasteiger partial charge is 0.0891 e. The van der Waals surface area contributed by atoms with Crippen molar-refractivity contribution in [3.63, 3.8) is 0 Å². The number of ether oxygens (including phenoxy) is 2. The van der Waals surface area contributed by atoms with Gasteiger partial charge in [-0.05, 0) is 12.8 Å². The molecular weight excluding hydrogens is 184 g/mol. The van der Waals surface area contributed by atoms with Gasteiger partial charge in [-0.25, -0.2) is 0 Å². The first-order valence-corrected chi connectivity index (χ1v) is 5.31. The second-order valence-corrected chi connectivity index (χ2v) is 4.14. The maximum absolute atomic E-state index is 8.86. The highest BCUT2D eigenvalue weighted by Gasteiger charge is 2.46. The minimum Gasteiger partial charge on any atom is -0.396 e. The Balaban J connectivity index is 1.90. The summed E-state index contributed by atoms with van der Waals surface area (Å²) in [4.78, 5) is 0. The summed E-state index contributed by atoms with van der Waals surface area (Å²) in [5.74, 6) is 0.683. The van der Waals surface area contributed by atoms with E-state index >= 15 is 0 Å². The summed E-state index contributed by atoms with van der Waals surface area (Å²) >= 11 is 0. The SMILES string of the molecule is OCC[C@H]1CO[C@@H]2[C@@H](CCO)CO[C@H]12. The average Bonchev–Trinajstić information content (AvgIpc) is 2.72. The monoisotopic (exact) mass is 202 g/mol.